The summed E-state index contributed by atoms with van der Waals surface area (Å²) in [5.74, 6) is 0.971. The number of hydrogen-bond acceptors (Lipinski definition) is 3. The van der Waals surface area contributed by atoms with Crippen LogP contribution in [0.5, 0.6) is 5.75 Å². The van der Waals surface area contributed by atoms with E-state index in [2.05, 4.69) is 59.3 Å². The van der Waals surface area contributed by atoms with E-state index in [4.69, 9.17) is 4.74 Å². The molecule has 0 aromatic heterocycles. The van der Waals surface area contributed by atoms with Crippen molar-refractivity contribution >= 4 is 5.69 Å². The van der Waals surface area contributed by atoms with Gasteiger partial charge in [-0.15, -0.1) is 0 Å². The van der Waals surface area contributed by atoms with E-state index in [0.29, 0.717) is 12.6 Å². The monoisotopic (exact) mass is 308 g/mol. The largest absolute Gasteiger partial charge is 0.489 e. The molecule has 0 amide bonds. The number of rotatable bonds is 3. The van der Waals surface area contributed by atoms with Gasteiger partial charge in [0, 0.05) is 31.9 Å². The van der Waals surface area contributed by atoms with Crippen LogP contribution in [0.3, 0.4) is 0 Å². The van der Waals surface area contributed by atoms with Crippen LogP contribution in [0.2, 0.25) is 0 Å². The van der Waals surface area contributed by atoms with Crippen molar-refractivity contribution in [3.8, 4) is 5.75 Å². The molecule has 23 heavy (non-hydrogen) atoms. The Morgan fingerprint density at radius 2 is 2.00 bits per heavy atom. The van der Waals surface area contributed by atoms with E-state index in [0.717, 1.165) is 18.8 Å². The number of hydrogen-bond donors (Lipinski definition) is 0. The van der Waals surface area contributed by atoms with E-state index in [1.807, 2.05) is 6.07 Å². The van der Waals surface area contributed by atoms with E-state index in [1.54, 1.807) is 0 Å². The minimum atomic E-state index is 0.627. The zero-order chi connectivity index (χ0) is 15.6. The third-order valence-corrected chi connectivity index (χ3v) is 5.07. The average Bonchev–Trinajstić information content (AvgIpc) is 2.95. The Labute approximate surface area is 138 Å². The lowest BCUT2D eigenvalue weighted by molar-refractivity contribution is 0.255. The molecule has 2 aliphatic rings. The van der Waals surface area contributed by atoms with Gasteiger partial charge in [-0.1, -0.05) is 30.3 Å². The van der Waals surface area contributed by atoms with Crippen molar-refractivity contribution in [1.82, 2.24) is 4.90 Å². The van der Waals surface area contributed by atoms with E-state index < -0.39 is 0 Å². The highest BCUT2D eigenvalue weighted by Crippen LogP contribution is 2.33. The summed E-state index contributed by atoms with van der Waals surface area (Å²) in [6.07, 6.45) is 2.66. The summed E-state index contributed by atoms with van der Waals surface area (Å²) in [6, 6.07) is 17.6. The van der Waals surface area contributed by atoms with Gasteiger partial charge < -0.3 is 9.64 Å². The summed E-state index contributed by atoms with van der Waals surface area (Å²) in [4.78, 5) is 5.04. The second kappa shape index (κ2) is 6.25. The molecule has 120 valence electrons. The van der Waals surface area contributed by atoms with Crippen LogP contribution in [-0.4, -0.2) is 31.1 Å². The lowest BCUT2D eigenvalue weighted by Crippen LogP contribution is -2.35. The number of likely N-dealkylation sites (N-methyl/N-ethyl adjacent to an activating group) is 1. The summed E-state index contributed by atoms with van der Waals surface area (Å²) in [7, 11) is 2.21. The van der Waals surface area contributed by atoms with Gasteiger partial charge in [-0.3, -0.25) is 4.90 Å². The standard InChI is InChI=1S/C20H24N2O/c1-21-14-18-8-5-11-22(18)13-17-12-19(9-10-20(17)21)23-15-16-6-3-2-4-7-16/h2-4,6-7,9-10,12,18H,5,8,11,13-15H2,1H3. The van der Waals surface area contributed by atoms with Crippen molar-refractivity contribution in [3.63, 3.8) is 0 Å². The summed E-state index contributed by atoms with van der Waals surface area (Å²) in [6.45, 7) is 4.04. The van der Waals surface area contributed by atoms with Crippen molar-refractivity contribution in [2.75, 3.05) is 25.0 Å². The van der Waals surface area contributed by atoms with Crippen molar-refractivity contribution in [1.29, 1.82) is 0 Å². The smallest absolute Gasteiger partial charge is 0.120 e. The van der Waals surface area contributed by atoms with Crippen LogP contribution in [0.15, 0.2) is 48.5 Å². The quantitative estimate of drug-likeness (QED) is 0.860. The first-order chi connectivity index (χ1) is 11.3. The minimum absolute atomic E-state index is 0.627. The van der Waals surface area contributed by atoms with Gasteiger partial charge in [-0.2, -0.15) is 0 Å². The summed E-state index contributed by atoms with van der Waals surface area (Å²) < 4.78 is 6.01. The molecule has 0 radical (unpaired) electrons. The van der Waals surface area contributed by atoms with Gasteiger partial charge in [-0.05, 0) is 48.7 Å². The van der Waals surface area contributed by atoms with Crippen LogP contribution in [0.25, 0.3) is 0 Å². The number of nitrogens with zero attached hydrogens (tertiary/aromatic N) is 2. The topological polar surface area (TPSA) is 15.7 Å². The fourth-order valence-corrected chi connectivity index (χ4v) is 3.83. The van der Waals surface area contributed by atoms with Crippen LogP contribution < -0.4 is 9.64 Å². The maximum atomic E-state index is 6.01. The molecule has 3 nitrogen and oxygen atoms in total. The molecule has 0 spiro atoms. The van der Waals surface area contributed by atoms with Gasteiger partial charge in [0.2, 0.25) is 0 Å². The summed E-state index contributed by atoms with van der Waals surface area (Å²) >= 11 is 0. The normalized spacial score (nSPS) is 20.7. The van der Waals surface area contributed by atoms with Crippen LogP contribution in [0.4, 0.5) is 5.69 Å². The molecule has 1 saturated heterocycles. The fourth-order valence-electron chi connectivity index (χ4n) is 3.83. The highest BCUT2D eigenvalue weighted by atomic mass is 16.5. The van der Waals surface area contributed by atoms with E-state index in [-0.39, 0.29) is 0 Å². The zero-order valence-electron chi connectivity index (χ0n) is 13.7. The van der Waals surface area contributed by atoms with Gasteiger partial charge >= 0.3 is 0 Å². The first kappa shape index (κ1) is 14.6. The molecule has 1 atom stereocenters. The van der Waals surface area contributed by atoms with Crippen LogP contribution in [0.1, 0.15) is 24.0 Å². The molecular weight excluding hydrogens is 284 g/mol. The molecule has 0 saturated carbocycles. The van der Waals surface area contributed by atoms with E-state index >= 15 is 0 Å². The Morgan fingerprint density at radius 1 is 1.13 bits per heavy atom. The molecule has 2 aromatic carbocycles. The predicted molar refractivity (Wildman–Crippen MR) is 93.9 cm³/mol. The maximum absolute atomic E-state index is 6.01. The summed E-state index contributed by atoms with van der Waals surface area (Å²) in [5.41, 5.74) is 3.95. The highest BCUT2D eigenvalue weighted by molar-refractivity contribution is 5.57. The Bertz CT molecular complexity index is 671. The van der Waals surface area contributed by atoms with Crippen LogP contribution >= 0.6 is 0 Å². The lowest BCUT2D eigenvalue weighted by Gasteiger charge is -2.24. The number of fused-ring (bicyclic) bond motifs is 2. The van der Waals surface area contributed by atoms with Gasteiger partial charge in [0.25, 0.3) is 0 Å². The molecule has 0 N–H and O–H groups in total. The maximum Gasteiger partial charge on any atom is 0.120 e. The third-order valence-electron chi connectivity index (χ3n) is 5.07. The molecule has 0 bridgehead atoms. The molecule has 2 heterocycles. The Morgan fingerprint density at radius 3 is 2.87 bits per heavy atom. The number of benzene rings is 2. The number of ether oxygens (including phenoxy) is 1. The third kappa shape index (κ3) is 3.06. The molecular formula is C20H24N2O. The molecule has 3 heteroatoms. The predicted octanol–water partition coefficient (Wildman–Crippen LogP) is 3.68. The molecule has 4 rings (SSSR count). The first-order valence-electron chi connectivity index (χ1n) is 8.54. The van der Waals surface area contributed by atoms with Gasteiger partial charge in [0.05, 0.1) is 0 Å². The number of anilines is 1. The van der Waals surface area contributed by atoms with Gasteiger partial charge in [0.15, 0.2) is 0 Å². The van der Waals surface area contributed by atoms with Crippen molar-refractivity contribution in [3.05, 3.63) is 59.7 Å². The van der Waals surface area contributed by atoms with E-state index in [1.165, 1.54) is 36.2 Å². The van der Waals surface area contributed by atoms with Crippen LogP contribution in [-0.2, 0) is 13.2 Å². The highest BCUT2D eigenvalue weighted by Gasteiger charge is 2.29. The van der Waals surface area contributed by atoms with E-state index in [9.17, 15) is 0 Å². The zero-order valence-corrected chi connectivity index (χ0v) is 13.7. The first-order valence-corrected chi connectivity index (χ1v) is 8.54. The van der Waals surface area contributed by atoms with Crippen LogP contribution in [0, 0.1) is 0 Å². The van der Waals surface area contributed by atoms with Crippen molar-refractivity contribution < 1.29 is 4.74 Å². The van der Waals surface area contributed by atoms with Crippen molar-refractivity contribution in [2.45, 2.75) is 32.0 Å². The molecule has 2 aliphatic heterocycles. The summed E-state index contributed by atoms with van der Waals surface area (Å²) in [5, 5.41) is 0. The SMILES string of the molecule is CN1CC2CCCN2Cc2cc(OCc3ccccc3)ccc21. The molecule has 1 fully saturated rings. The second-order valence-electron chi connectivity index (χ2n) is 6.71. The van der Waals surface area contributed by atoms with Gasteiger partial charge in [0.1, 0.15) is 12.4 Å². The molecule has 1 unspecified atom stereocenters. The fraction of sp³-hybridized carbons (Fsp3) is 0.400. The average molecular weight is 308 g/mol. The lowest BCUT2D eigenvalue weighted by atomic mass is 10.1. The Kier molecular flexibility index (Phi) is 3.96. The Balaban J connectivity index is 1.53. The van der Waals surface area contributed by atoms with Crippen molar-refractivity contribution in [2.24, 2.45) is 0 Å². The van der Waals surface area contributed by atoms with Gasteiger partial charge in [-0.25, -0.2) is 0 Å². The minimum Gasteiger partial charge on any atom is -0.489 e. The second-order valence-corrected chi connectivity index (χ2v) is 6.71. The Hall–Kier alpha value is -2.00. The molecule has 2 aromatic rings. The molecule has 0 aliphatic carbocycles.